The van der Waals surface area contributed by atoms with Gasteiger partial charge in [0.05, 0.1) is 12.7 Å². The predicted molar refractivity (Wildman–Crippen MR) is 61.7 cm³/mol. The Hall–Kier alpha value is -0.200. The summed E-state index contributed by atoms with van der Waals surface area (Å²) in [4.78, 5) is 0. The van der Waals surface area contributed by atoms with Gasteiger partial charge in [-0.15, -0.1) is 0 Å². The van der Waals surface area contributed by atoms with Crippen LogP contribution < -0.4 is 5.73 Å². The molecule has 98 valence electrons. The zero-order valence-electron chi connectivity index (χ0n) is 10.2. The summed E-state index contributed by atoms with van der Waals surface area (Å²) in [7, 11) is 0. The maximum absolute atomic E-state index is 9.53. The summed E-state index contributed by atoms with van der Waals surface area (Å²) in [6, 6.07) is 0. The maximum Gasteiger partial charge on any atom is 0.103 e. The van der Waals surface area contributed by atoms with Crippen molar-refractivity contribution in [3.05, 3.63) is 0 Å². The number of hydrogen-bond acceptors (Lipinski definition) is 5. The van der Waals surface area contributed by atoms with Gasteiger partial charge in [-0.25, -0.2) is 0 Å². The van der Waals surface area contributed by atoms with Crippen LogP contribution in [0.25, 0.3) is 0 Å². The summed E-state index contributed by atoms with van der Waals surface area (Å²) in [6.07, 6.45) is -0.00226. The van der Waals surface area contributed by atoms with Crippen LogP contribution in [-0.4, -0.2) is 47.0 Å². The number of nitrogens with two attached hydrogens (primary N) is 1. The van der Waals surface area contributed by atoms with E-state index in [0.717, 1.165) is 6.42 Å². The van der Waals surface area contributed by atoms with Crippen molar-refractivity contribution in [1.82, 2.24) is 0 Å². The smallest absolute Gasteiger partial charge is 0.103 e. The standard InChI is InChI=1S/C11H25NO4/c1-3-16-10(9(14)7-13)6-8(2)4-5-11(12)15/h8-11,13-15H,3-7,12H2,1-2H3/t8?,9?,10-,11?/m1/s1. The summed E-state index contributed by atoms with van der Waals surface area (Å²) in [5.41, 5.74) is 5.25. The van der Waals surface area contributed by atoms with E-state index in [1.807, 2.05) is 13.8 Å². The van der Waals surface area contributed by atoms with E-state index < -0.39 is 12.3 Å². The third-order valence-electron chi connectivity index (χ3n) is 2.59. The number of aliphatic hydroxyl groups excluding tert-OH is 3. The summed E-state index contributed by atoms with van der Waals surface area (Å²) >= 11 is 0. The van der Waals surface area contributed by atoms with Crippen molar-refractivity contribution in [2.45, 2.75) is 51.5 Å². The maximum atomic E-state index is 9.53. The molecule has 5 nitrogen and oxygen atoms in total. The molecule has 0 heterocycles. The lowest BCUT2D eigenvalue weighted by Gasteiger charge is -2.24. The van der Waals surface area contributed by atoms with Crippen LogP contribution in [0.4, 0.5) is 0 Å². The van der Waals surface area contributed by atoms with Gasteiger partial charge in [0, 0.05) is 6.61 Å². The first-order chi connectivity index (χ1) is 7.51. The third kappa shape index (κ3) is 7.14. The molecule has 0 radical (unpaired) electrons. The molecule has 0 aromatic carbocycles. The molecule has 5 N–H and O–H groups in total. The Morgan fingerprint density at radius 2 is 1.88 bits per heavy atom. The van der Waals surface area contributed by atoms with Crippen LogP contribution in [0.3, 0.4) is 0 Å². The molecule has 0 aromatic rings. The highest BCUT2D eigenvalue weighted by Crippen LogP contribution is 2.17. The normalized spacial score (nSPS) is 19.1. The highest BCUT2D eigenvalue weighted by molar-refractivity contribution is 4.71. The van der Waals surface area contributed by atoms with Gasteiger partial charge >= 0.3 is 0 Å². The second-order valence-electron chi connectivity index (χ2n) is 4.23. The minimum atomic E-state index is -0.842. The minimum Gasteiger partial charge on any atom is -0.394 e. The summed E-state index contributed by atoms with van der Waals surface area (Å²) in [5, 5.41) is 27.4. The molecule has 0 saturated heterocycles. The van der Waals surface area contributed by atoms with Crippen LogP contribution in [0.2, 0.25) is 0 Å². The van der Waals surface area contributed by atoms with E-state index in [9.17, 15) is 5.11 Å². The first kappa shape index (κ1) is 15.8. The fourth-order valence-electron chi connectivity index (χ4n) is 1.64. The Morgan fingerprint density at radius 3 is 2.31 bits per heavy atom. The van der Waals surface area contributed by atoms with E-state index in [0.29, 0.717) is 19.4 Å². The molecule has 5 heteroatoms. The van der Waals surface area contributed by atoms with E-state index in [1.165, 1.54) is 0 Å². The van der Waals surface area contributed by atoms with E-state index in [4.69, 9.17) is 20.7 Å². The lowest BCUT2D eigenvalue weighted by molar-refractivity contribution is -0.0638. The fourth-order valence-corrected chi connectivity index (χ4v) is 1.64. The molecule has 0 rings (SSSR count). The van der Waals surface area contributed by atoms with Crippen molar-refractivity contribution in [3.8, 4) is 0 Å². The van der Waals surface area contributed by atoms with Crippen LogP contribution in [0.1, 0.15) is 33.1 Å². The van der Waals surface area contributed by atoms with Gasteiger partial charge in [-0.1, -0.05) is 6.92 Å². The fraction of sp³-hybridized carbons (Fsp3) is 1.00. The molecule has 0 bridgehead atoms. The Morgan fingerprint density at radius 1 is 1.25 bits per heavy atom. The van der Waals surface area contributed by atoms with E-state index in [-0.39, 0.29) is 18.6 Å². The molecule has 0 aromatic heterocycles. The van der Waals surface area contributed by atoms with Crippen molar-refractivity contribution in [1.29, 1.82) is 0 Å². The molecule has 0 aliphatic heterocycles. The first-order valence-corrected chi connectivity index (χ1v) is 5.85. The van der Waals surface area contributed by atoms with Gasteiger partial charge in [-0.05, 0) is 32.1 Å². The summed E-state index contributed by atoms with van der Waals surface area (Å²) < 4.78 is 5.37. The van der Waals surface area contributed by atoms with Crippen LogP contribution in [0, 0.1) is 5.92 Å². The Balaban J connectivity index is 3.97. The van der Waals surface area contributed by atoms with Crippen molar-refractivity contribution in [2.75, 3.05) is 13.2 Å². The van der Waals surface area contributed by atoms with Crippen molar-refractivity contribution in [3.63, 3.8) is 0 Å². The molecular weight excluding hydrogens is 210 g/mol. The van der Waals surface area contributed by atoms with Crippen molar-refractivity contribution in [2.24, 2.45) is 11.7 Å². The zero-order chi connectivity index (χ0) is 12.6. The van der Waals surface area contributed by atoms with Gasteiger partial charge in [-0.3, -0.25) is 0 Å². The van der Waals surface area contributed by atoms with Gasteiger partial charge in [0.25, 0.3) is 0 Å². The Kier molecular flexibility index (Phi) is 8.78. The molecule has 3 unspecified atom stereocenters. The first-order valence-electron chi connectivity index (χ1n) is 5.85. The largest absolute Gasteiger partial charge is 0.394 e. The van der Waals surface area contributed by atoms with E-state index in [1.54, 1.807) is 0 Å². The topological polar surface area (TPSA) is 95.9 Å². The Bertz CT molecular complexity index is 166. The van der Waals surface area contributed by atoms with Gasteiger partial charge in [0.2, 0.25) is 0 Å². The molecular formula is C11H25NO4. The van der Waals surface area contributed by atoms with Crippen molar-refractivity contribution >= 4 is 0 Å². The molecule has 0 aliphatic carbocycles. The van der Waals surface area contributed by atoms with Gasteiger partial charge in [-0.2, -0.15) is 0 Å². The molecule has 0 spiro atoms. The molecule has 0 fully saturated rings. The van der Waals surface area contributed by atoms with Gasteiger partial charge in [0.15, 0.2) is 0 Å². The molecule has 4 atom stereocenters. The quantitative estimate of drug-likeness (QED) is 0.416. The highest BCUT2D eigenvalue weighted by Gasteiger charge is 2.21. The lowest BCUT2D eigenvalue weighted by atomic mass is 9.95. The van der Waals surface area contributed by atoms with Gasteiger partial charge in [0.1, 0.15) is 12.3 Å². The number of rotatable bonds is 9. The summed E-state index contributed by atoms with van der Waals surface area (Å²) in [5.74, 6) is 0.288. The molecule has 0 aliphatic rings. The summed E-state index contributed by atoms with van der Waals surface area (Å²) in [6.45, 7) is 4.08. The molecule has 16 heavy (non-hydrogen) atoms. The van der Waals surface area contributed by atoms with Crippen LogP contribution in [0.15, 0.2) is 0 Å². The van der Waals surface area contributed by atoms with E-state index in [2.05, 4.69) is 0 Å². The van der Waals surface area contributed by atoms with Crippen LogP contribution in [0.5, 0.6) is 0 Å². The lowest BCUT2D eigenvalue weighted by Crippen LogP contribution is -2.34. The van der Waals surface area contributed by atoms with Gasteiger partial charge < -0.3 is 25.8 Å². The average molecular weight is 235 g/mol. The molecule has 0 amide bonds. The number of hydrogen-bond donors (Lipinski definition) is 4. The number of aliphatic hydroxyl groups is 3. The van der Waals surface area contributed by atoms with Crippen LogP contribution in [-0.2, 0) is 4.74 Å². The number of ether oxygens (including phenoxy) is 1. The second-order valence-corrected chi connectivity index (χ2v) is 4.23. The van der Waals surface area contributed by atoms with Crippen molar-refractivity contribution < 1.29 is 20.1 Å². The van der Waals surface area contributed by atoms with Crippen LogP contribution >= 0.6 is 0 Å². The minimum absolute atomic E-state index is 0.288. The SMILES string of the molecule is CCO[C@H](CC(C)CCC(N)O)C(O)CO. The third-order valence-corrected chi connectivity index (χ3v) is 2.59. The molecule has 0 saturated carbocycles. The zero-order valence-corrected chi connectivity index (χ0v) is 10.2. The average Bonchev–Trinajstić information content (AvgIpc) is 2.24. The Labute approximate surface area is 97.2 Å². The predicted octanol–water partition coefficient (Wildman–Crippen LogP) is -0.172. The highest BCUT2D eigenvalue weighted by atomic mass is 16.5. The van der Waals surface area contributed by atoms with E-state index >= 15 is 0 Å². The second kappa shape index (κ2) is 8.90. The monoisotopic (exact) mass is 235 g/mol.